The Bertz CT molecular complexity index is 118. The standard InChI is InChI=1S/C9H17N/c1-3-7-10-8-5-6-9(10)4-2/h3,7,9H,4-6,8H2,1-2H3/t9-/m1/s1. The first-order chi connectivity index (χ1) is 4.88. The molecule has 1 saturated heterocycles. The molecule has 0 spiro atoms. The Morgan fingerprint density at radius 3 is 3.00 bits per heavy atom. The molecular formula is C9H17N. The van der Waals surface area contributed by atoms with Crippen LogP contribution >= 0.6 is 0 Å². The number of hydrogen-bond donors (Lipinski definition) is 0. The van der Waals surface area contributed by atoms with Gasteiger partial charge in [0.05, 0.1) is 0 Å². The lowest BCUT2D eigenvalue weighted by atomic mass is 10.2. The SMILES string of the molecule is CC=CN1CCC[C@H]1CC. The monoisotopic (exact) mass is 139 g/mol. The molecule has 0 unspecified atom stereocenters. The van der Waals surface area contributed by atoms with Crippen LogP contribution in [0.3, 0.4) is 0 Å². The van der Waals surface area contributed by atoms with E-state index in [0.29, 0.717) is 0 Å². The van der Waals surface area contributed by atoms with Gasteiger partial charge in [-0.3, -0.25) is 0 Å². The van der Waals surface area contributed by atoms with Gasteiger partial charge >= 0.3 is 0 Å². The fourth-order valence-corrected chi connectivity index (χ4v) is 1.68. The van der Waals surface area contributed by atoms with Crippen molar-refractivity contribution in [2.24, 2.45) is 0 Å². The van der Waals surface area contributed by atoms with E-state index in [1.807, 2.05) is 0 Å². The molecule has 0 aromatic rings. The van der Waals surface area contributed by atoms with Gasteiger partial charge in [0.1, 0.15) is 0 Å². The van der Waals surface area contributed by atoms with E-state index in [4.69, 9.17) is 0 Å². The van der Waals surface area contributed by atoms with Crippen molar-refractivity contribution in [2.75, 3.05) is 6.54 Å². The Morgan fingerprint density at radius 1 is 1.60 bits per heavy atom. The second-order valence-corrected chi connectivity index (χ2v) is 2.92. The van der Waals surface area contributed by atoms with Crippen molar-refractivity contribution in [3.05, 3.63) is 12.3 Å². The minimum Gasteiger partial charge on any atom is -0.375 e. The number of likely N-dealkylation sites (tertiary alicyclic amines) is 1. The second kappa shape index (κ2) is 3.65. The third-order valence-electron chi connectivity index (χ3n) is 2.23. The van der Waals surface area contributed by atoms with Crippen LogP contribution in [0.5, 0.6) is 0 Å². The van der Waals surface area contributed by atoms with E-state index in [9.17, 15) is 0 Å². The summed E-state index contributed by atoms with van der Waals surface area (Å²) in [5.74, 6) is 0. The van der Waals surface area contributed by atoms with Crippen LogP contribution in [0.4, 0.5) is 0 Å². The van der Waals surface area contributed by atoms with Crippen molar-refractivity contribution < 1.29 is 0 Å². The molecule has 1 atom stereocenters. The van der Waals surface area contributed by atoms with E-state index in [1.54, 1.807) is 0 Å². The van der Waals surface area contributed by atoms with E-state index < -0.39 is 0 Å². The van der Waals surface area contributed by atoms with Crippen LogP contribution in [0.2, 0.25) is 0 Å². The van der Waals surface area contributed by atoms with E-state index in [0.717, 1.165) is 6.04 Å². The zero-order valence-corrected chi connectivity index (χ0v) is 7.01. The quantitative estimate of drug-likeness (QED) is 0.568. The highest BCUT2D eigenvalue weighted by Crippen LogP contribution is 2.19. The summed E-state index contributed by atoms with van der Waals surface area (Å²) in [4.78, 5) is 2.46. The topological polar surface area (TPSA) is 3.24 Å². The van der Waals surface area contributed by atoms with Crippen molar-refractivity contribution >= 4 is 0 Å². The van der Waals surface area contributed by atoms with Gasteiger partial charge in [-0.25, -0.2) is 0 Å². The van der Waals surface area contributed by atoms with Crippen LogP contribution in [0.1, 0.15) is 33.1 Å². The molecule has 0 saturated carbocycles. The molecule has 0 aromatic carbocycles. The maximum atomic E-state index is 2.46. The van der Waals surface area contributed by atoms with Crippen LogP contribution in [0.15, 0.2) is 12.3 Å². The van der Waals surface area contributed by atoms with Gasteiger partial charge in [0.25, 0.3) is 0 Å². The van der Waals surface area contributed by atoms with Crippen molar-refractivity contribution in [2.45, 2.75) is 39.2 Å². The lowest BCUT2D eigenvalue weighted by Crippen LogP contribution is -2.22. The highest BCUT2D eigenvalue weighted by molar-refractivity contribution is 4.88. The summed E-state index contributed by atoms with van der Waals surface area (Å²) in [5, 5.41) is 0. The first-order valence-electron chi connectivity index (χ1n) is 4.27. The largest absolute Gasteiger partial charge is 0.375 e. The number of rotatable bonds is 2. The van der Waals surface area contributed by atoms with Gasteiger partial charge in [0.2, 0.25) is 0 Å². The number of hydrogen-bond acceptors (Lipinski definition) is 1. The predicted molar refractivity (Wildman–Crippen MR) is 44.8 cm³/mol. The molecule has 1 heteroatoms. The summed E-state index contributed by atoms with van der Waals surface area (Å²) in [6, 6.07) is 0.830. The molecule has 0 radical (unpaired) electrons. The summed E-state index contributed by atoms with van der Waals surface area (Å²) in [6.07, 6.45) is 8.42. The first-order valence-corrected chi connectivity index (χ1v) is 4.27. The highest BCUT2D eigenvalue weighted by atomic mass is 15.2. The third kappa shape index (κ3) is 1.53. The van der Waals surface area contributed by atoms with Crippen LogP contribution in [-0.4, -0.2) is 17.5 Å². The number of allylic oxidation sites excluding steroid dienone is 1. The molecule has 10 heavy (non-hydrogen) atoms. The van der Waals surface area contributed by atoms with Gasteiger partial charge in [-0.2, -0.15) is 0 Å². The molecule has 0 N–H and O–H groups in total. The summed E-state index contributed by atoms with van der Waals surface area (Å²) >= 11 is 0. The predicted octanol–water partition coefficient (Wildman–Crippen LogP) is 2.39. The molecular weight excluding hydrogens is 122 g/mol. The average molecular weight is 139 g/mol. The summed E-state index contributed by atoms with van der Waals surface area (Å²) in [6.45, 7) is 5.63. The molecule has 1 nitrogen and oxygen atoms in total. The molecule has 0 aromatic heterocycles. The van der Waals surface area contributed by atoms with Crippen LogP contribution < -0.4 is 0 Å². The molecule has 1 heterocycles. The summed E-state index contributed by atoms with van der Waals surface area (Å²) in [7, 11) is 0. The van der Waals surface area contributed by atoms with Crippen molar-refractivity contribution in [1.82, 2.24) is 4.90 Å². The maximum Gasteiger partial charge on any atom is 0.0282 e. The Kier molecular flexibility index (Phi) is 2.79. The van der Waals surface area contributed by atoms with Gasteiger partial charge < -0.3 is 4.90 Å². The van der Waals surface area contributed by atoms with Gasteiger partial charge in [0.15, 0.2) is 0 Å². The van der Waals surface area contributed by atoms with E-state index in [-0.39, 0.29) is 0 Å². The van der Waals surface area contributed by atoms with Crippen LogP contribution in [0.25, 0.3) is 0 Å². The molecule has 1 fully saturated rings. The number of nitrogens with zero attached hydrogens (tertiary/aromatic N) is 1. The molecule has 58 valence electrons. The third-order valence-corrected chi connectivity index (χ3v) is 2.23. The fraction of sp³-hybridized carbons (Fsp3) is 0.778. The lowest BCUT2D eigenvalue weighted by molar-refractivity contribution is 0.341. The normalized spacial score (nSPS) is 26.6. The van der Waals surface area contributed by atoms with Gasteiger partial charge in [-0.15, -0.1) is 0 Å². The fourth-order valence-electron chi connectivity index (χ4n) is 1.68. The smallest absolute Gasteiger partial charge is 0.0282 e. The van der Waals surface area contributed by atoms with Gasteiger partial charge in [0, 0.05) is 12.6 Å². The highest BCUT2D eigenvalue weighted by Gasteiger charge is 2.18. The Labute approximate surface area is 63.7 Å². The molecule has 0 amide bonds. The molecule has 1 aliphatic rings. The molecule has 1 rings (SSSR count). The van der Waals surface area contributed by atoms with Crippen LogP contribution in [0, 0.1) is 0 Å². The van der Waals surface area contributed by atoms with Crippen LogP contribution in [-0.2, 0) is 0 Å². The Hall–Kier alpha value is -0.460. The zero-order chi connectivity index (χ0) is 7.40. The van der Waals surface area contributed by atoms with E-state index >= 15 is 0 Å². The Balaban J connectivity index is 2.41. The minimum atomic E-state index is 0.830. The minimum absolute atomic E-state index is 0.830. The Morgan fingerprint density at radius 2 is 2.40 bits per heavy atom. The summed E-state index contributed by atoms with van der Waals surface area (Å²) < 4.78 is 0. The first kappa shape index (κ1) is 7.64. The van der Waals surface area contributed by atoms with Gasteiger partial charge in [-0.1, -0.05) is 13.0 Å². The van der Waals surface area contributed by atoms with Crippen molar-refractivity contribution in [1.29, 1.82) is 0 Å². The maximum absolute atomic E-state index is 2.46. The zero-order valence-electron chi connectivity index (χ0n) is 7.01. The molecule has 0 aliphatic carbocycles. The van der Waals surface area contributed by atoms with Crippen molar-refractivity contribution in [3.63, 3.8) is 0 Å². The molecule has 1 aliphatic heterocycles. The van der Waals surface area contributed by atoms with E-state index in [2.05, 4.69) is 31.0 Å². The summed E-state index contributed by atoms with van der Waals surface area (Å²) in [5.41, 5.74) is 0. The average Bonchev–Trinajstić information content (AvgIpc) is 2.36. The second-order valence-electron chi connectivity index (χ2n) is 2.92. The van der Waals surface area contributed by atoms with E-state index in [1.165, 1.54) is 25.8 Å². The van der Waals surface area contributed by atoms with Crippen molar-refractivity contribution in [3.8, 4) is 0 Å². The lowest BCUT2D eigenvalue weighted by Gasteiger charge is -2.20. The molecule has 0 bridgehead atoms. The van der Waals surface area contributed by atoms with Gasteiger partial charge in [-0.05, 0) is 32.4 Å².